The fourth-order valence-electron chi connectivity index (χ4n) is 4.52. The molecular formula is C21H30N4O2. The average molecular weight is 370 g/mol. The van der Waals surface area contributed by atoms with Gasteiger partial charge in [-0.3, -0.25) is 9.80 Å². The monoisotopic (exact) mass is 370 g/mol. The Bertz CT molecular complexity index is 730. The fraction of sp³-hybridized carbons (Fsp3) is 0.571. The highest BCUT2D eigenvalue weighted by Gasteiger charge is 2.34. The Hall–Kier alpha value is -1.89. The molecule has 2 bridgehead atoms. The lowest BCUT2D eigenvalue weighted by Crippen LogP contribution is -2.45. The van der Waals surface area contributed by atoms with Crippen LogP contribution in [0.2, 0.25) is 0 Å². The van der Waals surface area contributed by atoms with Gasteiger partial charge in [0.1, 0.15) is 11.6 Å². The second-order valence-corrected chi connectivity index (χ2v) is 7.69. The molecule has 2 aromatic rings. The minimum atomic E-state index is 0.642. The number of benzene rings is 1. The molecule has 0 amide bonds. The van der Waals surface area contributed by atoms with Crippen LogP contribution in [0.25, 0.3) is 5.69 Å². The van der Waals surface area contributed by atoms with Crippen molar-refractivity contribution in [3.8, 4) is 11.4 Å². The van der Waals surface area contributed by atoms with Gasteiger partial charge in [-0.15, -0.1) is 0 Å². The number of piperidine rings is 1. The van der Waals surface area contributed by atoms with Gasteiger partial charge >= 0.3 is 0 Å². The van der Waals surface area contributed by atoms with Crippen molar-refractivity contribution in [2.45, 2.75) is 25.4 Å². The van der Waals surface area contributed by atoms with Crippen LogP contribution in [0.4, 0.5) is 0 Å². The third-order valence-corrected chi connectivity index (χ3v) is 5.92. The van der Waals surface area contributed by atoms with E-state index in [1.54, 1.807) is 14.2 Å². The predicted octanol–water partition coefficient (Wildman–Crippen LogP) is 2.42. The fourth-order valence-corrected chi connectivity index (χ4v) is 4.52. The van der Waals surface area contributed by atoms with E-state index in [1.165, 1.54) is 19.4 Å². The largest absolute Gasteiger partial charge is 0.497 e. The smallest absolute Gasteiger partial charge is 0.127 e. The highest BCUT2D eigenvalue weighted by Crippen LogP contribution is 2.28. The van der Waals surface area contributed by atoms with E-state index < -0.39 is 0 Å². The molecule has 3 aliphatic heterocycles. The van der Waals surface area contributed by atoms with E-state index in [1.807, 2.05) is 18.3 Å². The Morgan fingerprint density at radius 3 is 2.70 bits per heavy atom. The van der Waals surface area contributed by atoms with Crippen molar-refractivity contribution in [1.29, 1.82) is 0 Å². The standard InChI is InChI=1S/C21H30N4O2/c1-26-12-11-24-14-17-3-4-19(24)15-23(13-17)16-21-22-9-10-25(21)18-5-7-20(27-2)8-6-18/h5-10,17,19H,3-4,11-16H2,1-2H3/t17-,19+/m0/s1. The molecule has 3 saturated heterocycles. The van der Waals surface area contributed by atoms with E-state index in [9.17, 15) is 0 Å². The number of hydrogen-bond acceptors (Lipinski definition) is 5. The Kier molecular flexibility index (Phi) is 5.76. The maximum atomic E-state index is 5.31. The summed E-state index contributed by atoms with van der Waals surface area (Å²) >= 11 is 0. The van der Waals surface area contributed by atoms with Crippen LogP contribution in [-0.4, -0.2) is 72.4 Å². The first-order chi connectivity index (χ1) is 13.3. The summed E-state index contributed by atoms with van der Waals surface area (Å²) in [7, 11) is 3.49. The van der Waals surface area contributed by atoms with Crippen LogP contribution in [0, 0.1) is 5.92 Å². The number of fused-ring (bicyclic) bond motifs is 4. The molecule has 0 N–H and O–H groups in total. The lowest BCUT2D eigenvalue weighted by atomic mass is 9.95. The molecule has 3 aliphatic rings. The lowest BCUT2D eigenvalue weighted by Gasteiger charge is -2.35. The van der Waals surface area contributed by atoms with Gasteiger partial charge in [0, 0.05) is 57.4 Å². The van der Waals surface area contributed by atoms with Crippen LogP contribution >= 0.6 is 0 Å². The van der Waals surface area contributed by atoms with Crippen molar-refractivity contribution in [2.75, 3.05) is 47.0 Å². The molecule has 3 fully saturated rings. The Morgan fingerprint density at radius 2 is 1.93 bits per heavy atom. The number of nitrogens with zero attached hydrogens (tertiary/aromatic N) is 4. The molecule has 6 heteroatoms. The van der Waals surface area contributed by atoms with Crippen molar-refractivity contribution in [1.82, 2.24) is 19.4 Å². The molecular weight excluding hydrogens is 340 g/mol. The number of aromatic nitrogens is 2. The summed E-state index contributed by atoms with van der Waals surface area (Å²) in [6, 6.07) is 8.81. The quantitative estimate of drug-likeness (QED) is 0.749. The second kappa shape index (κ2) is 8.42. The van der Waals surface area contributed by atoms with Crippen molar-refractivity contribution >= 4 is 0 Å². The third kappa shape index (κ3) is 4.18. The number of ether oxygens (including phenoxy) is 2. The van der Waals surface area contributed by atoms with Crippen molar-refractivity contribution in [3.05, 3.63) is 42.5 Å². The molecule has 1 aromatic carbocycles. The second-order valence-electron chi connectivity index (χ2n) is 7.69. The summed E-state index contributed by atoms with van der Waals surface area (Å²) < 4.78 is 12.8. The van der Waals surface area contributed by atoms with Crippen LogP contribution in [0.1, 0.15) is 18.7 Å². The van der Waals surface area contributed by atoms with Crippen LogP contribution < -0.4 is 4.74 Å². The van der Waals surface area contributed by atoms with Gasteiger partial charge < -0.3 is 14.0 Å². The molecule has 0 unspecified atom stereocenters. The predicted molar refractivity (Wildman–Crippen MR) is 105 cm³/mol. The zero-order chi connectivity index (χ0) is 18.6. The number of hydrogen-bond donors (Lipinski definition) is 0. The average Bonchev–Trinajstić information content (AvgIpc) is 2.98. The first kappa shape index (κ1) is 18.5. The zero-order valence-corrected chi connectivity index (χ0v) is 16.4. The Labute approximate surface area is 161 Å². The summed E-state index contributed by atoms with van der Waals surface area (Å²) in [5.41, 5.74) is 1.13. The van der Waals surface area contributed by atoms with Crippen molar-refractivity contribution in [3.63, 3.8) is 0 Å². The van der Waals surface area contributed by atoms with Crippen LogP contribution in [0.3, 0.4) is 0 Å². The van der Waals surface area contributed by atoms with E-state index in [0.29, 0.717) is 6.04 Å². The van der Waals surface area contributed by atoms with Gasteiger partial charge in [-0.25, -0.2) is 4.98 Å². The van der Waals surface area contributed by atoms with E-state index in [2.05, 4.69) is 37.7 Å². The lowest BCUT2D eigenvalue weighted by molar-refractivity contribution is 0.0867. The molecule has 0 radical (unpaired) electrons. The van der Waals surface area contributed by atoms with Gasteiger partial charge in [-0.1, -0.05) is 0 Å². The van der Waals surface area contributed by atoms with E-state index in [0.717, 1.165) is 56.0 Å². The van der Waals surface area contributed by atoms with Crippen LogP contribution in [0.15, 0.2) is 36.7 Å². The summed E-state index contributed by atoms with van der Waals surface area (Å²) in [5, 5.41) is 0. The molecule has 0 spiro atoms. The van der Waals surface area contributed by atoms with Gasteiger partial charge in [0.2, 0.25) is 0 Å². The summed E-state index contributed by atoms with van der Waals surface area (Å²) in [4.78, 5) is 9.88. The van der Waals surface area contributed by atoms with Gasteiger partial charge in [0.25, 0.3) is 0 Å². The van der Waals surface area contributed by atoms with Crippen LogP contribution in [-0.2, 0) is 11.3 Å². The highest BCUT2D eigenvalue weighted by molar-refractivity contribution is 5.38. The normalized spacial score (nSPS) is 23.5. The summed E-state index contributed by atoms with van der Waals surface area (Å²) in [5.74, 6) is 2.73. The molecule has 4 heterocycles. The number of rotatable bonds is 7. The molecule has 2 atom stereocenters. The maximum Gasteiger partial charge on any atom is 0.127 e. The SMILES string of the molecule is COCCN1C[C@H]2CC[C@@H]1CN(Cc1nccn1-c1ccc(OC)cc1)C2. The molecule has 27 heavy (non-hydrogen) atoms. The Balaban J connectivity index is 1.46. The minimum Gasteiger partial charge on any atom is -0.497 e. The number of imidazole rings is 1. The maximum absolute atomic E-state index is 5.31. The highest BCUT2D eigenvalue weighted by atomic mass is 16.5. The summed E-state index contributed by atoms with van der Waals surface area (Å²) in [6.07, 6.45) is 6.60. The van der Waals surface area contributed by atoms with Gasteiger partial charge in [-0.2, -0.15) is 0 Å². The molecule has 0 aliphatic carbocycles. The molecule has 6 nitrogen and oxygen atoms in total. The van der Waals surface area contributed by atoms with Gasteiger partial charge in [0.05, 0.1) is 20.3 Å². The van der Waals surface area contributed by atoms with E-state index in [-0.39, 0.29) is 0 Å². The first-order valence-corrected chi connectivity index (χ1v) is 9.89. The van der Waals surface area contributed by atoms with Gasteiger partial charge in [-0.05, 0) is 43.0 Å². The van der Waals surface area contributed by atoms with Gasteiger partial charge in [0.15, 0.2) is 0 Å². The number of methoxy groups -OCH3 is 2. The van der Waals surface area contributed by atoms with E-state index in [4.69, 9.17) is 9.47 Å². The molecule has 146 valence electrons. The van der Waals surface area contributed by atoms with E-state index >= 15 is 0 Å². The van der Waals surface area contributed by atoms with Crippen molar-refractivity contribution in [2.24, 2.45) is 5.92 Å². The zero-order valence-electron chi connectivity index (χ0n) is 16.4. The topological polar surface area (TPSA) is 42.8 Å². The first-order valence-electron chi connectivity index (χ1n) is 9.89. The van der Waals surface area contributed by atoms with Crippen LogP contribution in [0.5, 0.6) is 5.75 Å². The van der Waals surface area contributed by atoms with Crippen molar-refractivity contribution < 1.29 is 9.47 Å². The third-order valence-electron chi connectivity index (χ3n) is 5.92. The Morgan fingerprint density at radius 1 is 1.07 bits per heavy atom. The molecule has 0 saturated carbocycles. The minimum absolute atomic E-state index is 0.642. The molecule has 5 rings (SSSR count). The molecule has 1 aromatic heterocycles. The summed E-state index contributed by atoms with van der Waals surface area (Å²) in [6.45, 7) is 6.25.